The van der Waals surface area contributed by atoms with E-state index in [0.29, 0.717) is 18.8 Å². The summed E-state index contributed by atoms with van der Waals surface area (Å²) in [5, 5.41) is 3.70. The van der Waals surface area contributed by atoms with Gasteiger partial charge in [-0.05, 0) is 24.3 Å². The van der Waals surface area contributed by atoms with E-state index in [-0.39, 0.29) is 17.6 Å². The molecule has 3 aromatic heterocycles. The lowest BCUT2D eigenvalue weighted by Crippen LogP contribution is -2.61. The number of likely N-dealkylation sites (tertiary alicyclic amines) is 1. The Bertz CT molecular complexity index is 931. The lowest BCUT2D eigenvalue weighted by Gasteiger charge is -2.39. The molecule has 1 saturated heterocycles. The van der Waals surface area contributed by atoms with Crippen molar-refractivity contribution in [1.82, 2.24) is 25.2 Å². The monoisotopic (exact) mass is 339 g/mol. The van der Waals surface area contributed by atoms with Gasteiger partial charge in [0.15, 0.2) is 11.5 Å². The summed E-state index contributed by atoms with van der Waals surface area (Å²) in [6.07, 6.45) is 4.70. The first kappa shape index (κ1) is 15.3. The molecule has 3 aromatic rings. The highest BCUT2D eigenvalue weighted by atomic mass is 19.1. The summed E-state index contributed by atoms with van der Waals surface area (Å²) in [5.74, 6) is -1.37. The zero-order chi connectivity index (χ0) is 17.4. The quantitative estimate of drug-likeness (QED) is 0.754. The number of amides is 2. The van der Waals surface area contributed by atoms with E-state index >= 15 is 0 Å². The maximum Gasteiger partial charge on any atom is 0.275 e. The van der Waals surface area contributed by atoms with Crippen LogP contribution in [0, 0.1) is 5.82 Å². The summed E-state index contributed by atoms with van der Waals surface area (Å²) in [4.78, 5) is 36.7. The number of hydrogen-bond acceptors (Lipinski definition) is 4. The maximum atomic E-state index is 13.6. The second-order valence-corrected chi connectivity index (χ2v) is 5.86. The summed E-state index contributed by atoms with van der Waals surface area (Å²) < 4.78 is 13.6. The second kappa shape index (κ2) is 5.97. The largest absolute Gasteiger partial charge is 0.350 e. The van der Waals surface area contributed by atoms with Crippen LogP contribution < -0.4 is 5.32 Å². The molecule has 8 heteroatoms. The van der Waals surface area contributed by atoms with Crippen molar-refractivity contribution in [2.45, 2.75) is 6.04 Å². The van der Waals surface area contributed by atoms with E-state index in [2.05, 4.69) is 20.3 Å². The number of carbonyl (C=O) groups excluding carboxylic acids is 2. The van der Waals surface area contributed by atoms with Crippen LogP contribution in [0.15, 0.2) is 42.9 Å². The Morgan fingerprint density at radius 1 is 1.28 bits per heavy atom. The number of pyridine rings is 2. The topological polar surface area (TPSA) is 91.0 Å². The van der Waals surface area contributed by atoms with Crippen LogP contribution >= 0.6 is 0 Å². The number of hydrogen-bond donors (Lipinski definition) is 2. The van der Waals surface area contributed by atoms with Crippen molar-refractivity contribution >= 4 is 22.7 Å². The molecule has 0 aromatic carbocycles. The Balaban J connectivity index is 1.37. The van der Waals surface area contributed by atoms with Crippen LogP contribution in [0.2, 0.25) is 0 Å². The minimum atomic E-state index is -0.647. The SMILES string of the molecule is O=C(NC1CN(C(=O)c2ncccc2F)C1)c1cc2cnccc2[nH]1. The molecule has 0 spiro atoms. The first-order chi connectivity index (χ1) is 12.1. The first-order valence-corrected chi connectivity index (χ1v) is 7.75. The molecule has 0 saturated carbocycles. The minimum Gasteiger partial charge on any atom is -0.350 e. The molecule has 1 fully saturated rings. The van der Waals surface area contributed by atoms with Crippen LogP contribution in [0.3, 0.4) is 0 Å². The second-order valence-electron chi connectivity index (χ2n) is 5.86. The molecule has 2 amide bonds. The van der Waals surface area contributed by atoms with E-state index < -0.39 is 11.7 Å². The lowest BCUT2D eigenvalue weighted by atomic mass is 10.1. The lowest BCUT2D eigenvalue weighted by molar-refractivity contribution is 0.0531. The number of carbonyl (C=O) groups is 2. The fraction of sp³-hybridized carbons (Fsp3) is 0.176. The number of aromatic amines is 1. The van der Waals surface area contributed by atoms with Crippen LogP contribution in [-0.2, 0) is 0 Å². The highest BCUT2D eigenvalue weighted by Gasteiger charge is 2.34. The number of aromatic nitrogens is 3. The maximum absolute atomic E-state index is 13.6. The molecule has 4 rings (SSSR count). The highest BCUT2D eigenvalue weighted by molar-refractivity contribution is 5.98. The number of H-pyrrole nitrogens is 1. The molecule has 0 aliphatic carbocycles. The Morgan fingerprint density at radius 3 is 2.88 bits per heavy atom. The van der Waals surface area contributed by atoms with Gasteiger partial charge in [0.1, 0.15) is 5.69 Å². The predicted octanol–water partition coefficient (Wildman–Crippen LogP) is 1.35. The van der Waals surface area contributed by atoms with Gasteiger partial charge in [-0.2, -0.15) is 0 Å². The van der Waals surface area contributed by atoms with E-state index in [9.17, 15) is 14.0 Å². The van der Waals surface area contributed by atoms with Crippen molar-refractivity contribution in [1.29, 1.82) is 0 Å². The average molecular weight is 339 g/mol. The molecular formula is C17H14FN5O2. The Morgan fingerprint density at radius 2 is 2.12 bits per heavy atom. The molecule has 0 bridgehead atoms. The minimum absolute atomic E-state index is 0.173. The highest BCUT2D eigenvalue weighted by Crippen LogP contribution is 2.16. The predicted molar refractivity (Wildman–Crippen MR) is 87.4 cm³/mol. The third-order valence-electron chi connectivity index (χ3n) is 4.13. The van der Waals surface area contributed by atoms with Crippen LogP contribution in [0.25, 0.3) is 10.9 Å². The molecule has 126 valence electrons. The van der Waals surface area contributed by atoms with Gasteiger partial charge in [-0.15, -0.1) is 0 Å². The van der Waals surface area contributed by atoms with Crippen molar-refractivity contribution in [2.24, 2.45) is 0 Å². The number of fused-ring (bicyclic) bond motifs is 1. The summed E-state index contributed by atoms with van der Waals surface area (Å²) in [7, 11) is 0. The smallest absolute Gasteiger partial charge is 0.275 e. The molecule has 0 atom stereocenters. The Labute approximate surface area is 141 Å². The molecule has 25 heavy (non-hydrogen) atoms. The fourth-order valence-corrected chi connectivity index (χ4v) is 2.79. The van der Waals surface area contributed by atoms with E-state index in [1.807, 2.05) is 0 Å². The summed E-state index contributed by atoms with van der Waals surface area (Å²) in [6.45, 7) is 0.644. The van der Waals surface area contributed by atoms with Crippen molar-refractivity contribution in [3.8, 4) is 0 Å². The first-order valence-electron chi connectivity index (χ1n) is 7.75. The van der Waals surface area contributed by atoms with Gasteiger partial charge in [0.2, 0.25) is 0 Å². The zero-order valence-corrected chi connectivity index (χ0v) is 13.1. The molecule has 1 aliphatic rings. The van der Waals surface area contributed by atoms with Gasteiger partial charge in [0.05, 0.1) is 6.04 Å². The van der Waals surface area contributed by atoms with Crippen molar-refractivity contribution in [3.05, 3.63) is 60.1 Å². The molecule has 1 aliphatic heterocycles. The van der Waals surface area contributed by atoms with Gasteiger partial charge in [0, 0.05) is 42.6 Å². The normalized spacial score (nSPS) is 14.4. The third-order valence-corrected chi connectivity index (χ3v) is 4.13. The molecule has 2 N–H and O–H groups in total. The molecular weight excluding hydrogens is 325 g/mol. The standard InChI is InChI=1S/C17H14FN5O2/c18-12-2-1-4-20-15(12)17(25)23-8-11(9-23)21-16(24)14-6-10-7-19-5-3-13(10)22-14/h1-7,11,22H,8-9H2,(H,21,24). The molecule has 4 heterocycles. The van der Waals surface area contributed by atoms with Gasteiger partial charge in [-0.3, -0.25) is 14.6 Å². The number of nitrogens with zero attached hydrogens (tertiary/aromatic N) is 3. The van der Waals surface area contributed by atoms with Gasteiger partial charge >= 0.3 is 0 Å². The summed E-state index contributed by atoms with van der Waals surface area (Å²) in [5.41, 5.74) is 1.06. The van der Waals surface area contributed by atoms with Gasteiger partial charge in [-0.25, -0.2) is 9.37 Å². The van der Waals surface area contributed by atoms with Gasteiger partial charge < -0.3 is 15.2 Å². The average Bonchev–Trinajstić information content (AvgIpc) is 3.01. The number of nitrogens with one attached hydrogen (secondary N) is 2. The Hall–Kier alpha value is -3.29. The van der Waals surface area contributed by atoms with Crippen LogP contribution in [-0.4, -0.2) is 50.8 Å². The number of halogens is 1. The van der Waals surface area contributed by atoms with Crippen LogP contribution in [0.5, 0.6) is 0 Å². The summed E-state index contributed by atoms with van der Waals surface area (Å²) in [6, 6.07) is 5.97. The Kier molecular flexibility index (Phi) is 3.64. The zero-order valence-electron chi connectivity index (χ0n) is 13.1. The molecule has 0 radical (unpaired) electrons. The van der Waals surface area contributed by atoms with E-state index in [1.54, 1.807) is 24.5 Å². The van der Waals surface area contributed by atoms with Crippen molar-refractivity contribution < 1.29 is 14.0 Å². The van der Waals surface area contributed by atoms with E-state index in [4.69, 9.17) is 0 Å². The summed E-state index contributed by atoms with van der Waals surface area (Å²) >= 11 is 0. The number of rotatable bonds is 3. The van der Waals surface area contributed by atoms with E-state index in [0.717, 1.165) is 10.9 Å². The molecule has 7 nitrogen and oxygen atoms in total. The van der Waals surface area contributed by atoms with Crippen LogP contribution in [0.1, 0.15) is 21.0 Å². The molecule has 0 unspecified atom stereocenters. The van der Waals surface area contributed by atoms with Crippen LogP contribution in [0.4, 0.5) is 4.39 Å². The fourth-order valence-electron chi connectivity index (χ4n) is 2.79. The van der Waals surface area contributed by atoms with Gasteiger partial charge in [-0.1, -0.05) is 0 Å². The van der Waals surface area contributed by atoms with E-state index in [1.165, 1.54) is 23.2 Å². The van der Waals surface area contributed by atoms with Crippen molar-refractivity contribution in [2.75, 3.05) is 13.1 Å². The third kappa shape index (κ3) is 2.82. The van der Waals surface area contributed by atoms with Gasteiger partial charge in [0.25, 0.3) is 11.8 Å². The van der Waals surface area contributed by atoms with Crippen molar-refractivity contribution in [3.63, 3.8) is 0 Å².